The summed E-state index contributed by atoms with van der Waals surface area (Å²) in [5.74, 6) is -0.127. The van der Waals surface area contributed by atoms with Crippen LogP contribution in [0.5, 0.6) is 5.75 Å². The van der Waals surface area contributed by atoms with Crippen LogP contribution in [0.25, 0.3) is 0 Å². The third-order valence-corrected chi connectivity index (χ3v) is 4.09. The Labute approximate surface area is 152 Å². The average molecular weight is 361 g/mol. The average Bonchev–Trinajstić information content (AvgIpc) is 2.60. The largest absolute Gasteiger partial charge is 0.494 e. The minimum Gasteiger partial charge on any atom is -0.494 e. The third-order valence-electron chi connectivity index (χ3n) is 3.67. The first-order chi connectivity index (χ1) is 12.0. The van der Waals surface area contributed by atoms with Crippen LogP contribution in [0.15, 0.2) is 48.5 Å². The van der Waals surface area contributed by atoms with Crippen molar-refractivity contribution in [2.75, 3.05) is 6.61 Å². The van der Waals surface area contributed by atoms with E-state index in [4.69, 9.17) is 22.1 Å². The number of carbonyl (C=O) groups excluding carboxylic acids is 2. The van der Waals surface area contributed by atoms with Gasteiger partial charge < -0.3 is 15.8 Å². The molecule has 2 rings (SSSR count). The van der Waals surface area contributed by atoms with Crippen LogP contribution in [0, 0.1) is 6.92 Å². The molecule has 1 unspecified atom stereocenters. The molecule has 25 heavy (non-hydrogen) atoms. The summed E-state index contributed by atoms with van der Waals surface area (Å²) in [5.41, 5.74) is 6.98. The van der Waals surface area contributed by atoms with E-state index in [1.54, 1.807) is 36.4 Å². The first-order valence-corrected chi connectivity index (χ1v) is 8.37. The van der Waals surface area contributed by atoms with E-state index in [-0.39, 0.29) is 12.3 Å². The molecule has 0 radical (unpaired) electrons. The molecule has 6 heteroatoms. The summed E-state index contributed by atoms with van der Waals surface area (Å²) in [4.78, 5) is 23.6. The normalized spacial score (nSPS) is 11.6. The topological polar surface area (TPSA) is 81.4 Å². The van der Waals surface area contributed by atoms with Gasteiger partial charge in [0.2, 0.25) is 11.8 Å². The number of primary amides is 1. The summed E-state index contributed by atoms with van der Waals surface area (Å²) in [6.07, 6.45) is 0.761. The summed E-state index contributed by atoms with van der Waals surface area (Å²) >= 11 is 5.96. The Kier molecular flexibility index (Phi) is 6.83. The van der Waals surface area contributed by atoms with Gasteiger partial charge in [0.05, 0.1) is 6.61 Å². The molecule has 0 aromatic heterocycles. The first kappa shape index (κ1) is 18.8. The van der Waals surface area contributed by atoms with Crippen molar-refractivity contribution in [2.24, 2.45) is 5.73 Å². The first-order valence-electron chi connectivity index (χ1n) is 8.00. The number of amides is 2. The molecule has 0 bridgehead atoms. The van der Waals surface area contributed by atoms with E-state index >= 15 is 0 Å². The summed E-state index contributed by atoms with van der Waals surface area (Å²) in [6.45, 7) is 2.29. The van der Waals surface area contributed by atoms with E-state index in [1.807, 2.05) is 19.1 Å². The van der Waals surface area contributed by atoms with Crippen molar-refractivity contribution in [3.8, 4) is 5.75 Å². The highest BCUT2D eigenvalue weighted by molar-refractivity contribution is 6.31. The number of nitrogens with one attached hydrogen (secondary N) is 1. The lowest BCUT2D eigenvalue weighted by Crippen LogP contribution is -2.37. The second-order valence-corrected chi connectivity index (χ2v) is 6.08. The fourth-order valence-electron chi connectivity index (χ4n) is 2.33. The molecule has 2 aromatic rings. The van der Waals surface area contributed by atoms with Crippen LogP contribution in [-0.2, 0) is 9.59 Å². The van der Waals surface area contributed by atoms with E-state index < -0.39 is 11.9 Å². The summed E-state index contributed by atoms with van der Waals surface area (Å²) in [6, 6.07) is 13.5. The highest BCUT2D eigenvalue weighted by Gasteiger charge is 2.19. The number of nitrogens with two attached hydrogens (primary N) is 1. The molecule has 1 atom stereocenters. The molecule has 2 amide bonds. The van der Waals surface area contributed by atoms with Crippen molar-refractivity contribution in [1.29, 1.82) is 0 Å². The van der Waals surface area contributed by atoms with Crippen LogP contribution in [0.3, 0.4) is 0 Å². The number of benzene rings is 2. The number of halogens is 1. The van der Waals surface area contributed by atoms with Crippen molar-refractivity contribution in [3.63, 3.8) is 0 Å². The molecular weight excluding hydrogens is 340 g/mol. The predicted octanol–water partition coefficient (Wildman–Crippen LogP) is 3.15. The Bertz CT molecular complexity index is 735. The molecule has 0 aliphatic heterocycles. The number of rotatable bonds is 8. The van der Waals surface area contributed by atoms with Gasteiger partial charge in [0.25, 0.3) is 0 Å². The molecular formula is C19H21ClN2O3. The zero-order valence-electron chi connectivity index (χ0n) is 14.0. The van der Waals surface area contributed by atoms with Gasteiger partial charge in [0.1, 0.15) is 11.8 Å². The fraction of sp³-hybridized carbons (Fsp3) is 0.263. The highest BCUT2D eigenvalue weighted by Crippen LogP contribution is 2.21. The van der Waals surface area contributed by atoms with Crippen LogP contribution < -0.4 is 15.8 Å². The number of ether oxygens (including phenoxy) is 1. The molecule has 132 valence electrons. The lowest BCUT2D eigenvalue weighted by molar-refractivity contribution is -0.127. The van der Waals surface area contributed by atoms with Crippen LogP contribution in [0.4, 0.5) is 0 Å². The van der Waals surface area contributed by atoms with Crippen molar-refractivity contribution >= 4 is 23.4 Å². The minimum absolute atomic E-state index is 0.239. The molecule has 0 aliphatic rings. The summed E-state index contributed by atoms with van der Waals surface area (Å²) in [7, 11) is 0. The fourth-order valence-corrected chi connectivity index (χ4v) is 2.44. The van der Waals surface area contributed by atoms with Gasteiger partial charge in [-0.05, 0) is 42.7 Å². The van der Waals surface area contributed by atoms with E-state index in [9.17, 15) is 9.59 Å². The number of hydrogen-bond acceptors (Lipinski definition) is 3. The van der Waals surface area contributed by atoms with Gasteiger partial charge in [0.15, 0.2) is 0 Å². The lowest BCUT2D eigenvalue weighted by Gasteiger charge is -2.16. The maximum atomic E-state index is 12.0. The zero-order valence-corrected chi connectivity index (χ0v) is 14.8. The molecule has 0 spiro atoms. The smallest absolute Gasteiger partial charge is 0.244 e. The Balaban J connectivity index is 1.79. The lowest BCUT2D eigenvalue weighted by atomic mass is 10.1. The van der Waals surface area contributed by atoms with Gasteiger partial charge >= 0.3 is 0 Å². The Morgan fingerprint density at radius 2 is 1.92 bits per heavy atom. The van der Waals surface area contributed by atoms with Crippen LogP contribution in [0.2, 0.25) is 5.02 Å². The van der Waals surface area contributed by atoms with Crippen LogP contribution in [-0.4, -0.2) is 18.4 Å². The van der Waals surface area contributed by atoms with Gasteiger partial charge in [-0.2, -0.15) is 0 Å². The molecule has 2 aromatic carbocycles. The van der Waals surface area contributed by atoms with Crippen LogP contribution in [0.1, 0.15) is 30.0 Å². The Morgan fingerprint density at radius 3 is 2.56 bits per heavy atom. The molecule has 0 saturated heterocycles. The number of carbonyl (C=O) groups is 2. The van der Waals surface area contributed by atoms with E-state index in [1.165, 1.54) is 0 Å². The van der Waals surface area contributed by atoms with Gasteiger partial charge in [0, 0.05) is 11.4 Å². The zero-order chi connectivity index (χ0) is 18.2. The van der Waals surface area contributed by atoms with E-state index in [0.717, 1.165) is 5.56 Å². The SMILES string of the molecule is Cc1cc(OCCCC(=O)NC(C(N)=O)c2ccccc2)ccc1Cl. The number of hydrogen-bond donors (Lipinski definition) is 2. The standard InChI is InChI=1S/C19H21ClN2O3/c1-13-12-15(9-10-16(13)20)25-11-5-8-17(23)22-18(19(21)24)14-6-3-2-4-7-14/h2-4,6-7,9-10,12,18H,5,8,11H2,1H3,(H2,21,24)(H,22,23). The molecule has 3 N–H and O–H groups in total. The van der Waals surface area contributed by atoms with Gasteiger partial charge in [-0.25, -0.2) is 0 Å². The second kappa shape index (κ2) is 9.08. The predicted molar refractivity (Wildman–Crippen MR) is 97.4 cm³/mol. The van der Waals surface area contributed by atoms with Crippen molar-refractivity contribution in [2.45, 2.75) is 25.8 Å². The Hall–Kier alpha value is -2.53. The van der Waals surface area contributed by atoms with E-state index in [2.05, 4.69) is 5.32 Å². The summed E-state index contributed by atoms with van der Waals surface area (Å²) < 4.78 is 5.60. The quantitative estimate of drug-likeness (QED) is 0.709. The number of aryl methyl sites for hydroxylation is 1. The third kappa shape index (κ3) is 5.80. The molecule has 0 fully saturated rings. The molecule has 5 nitrogen and oxygen atoms in total. The monoisotopic (exact) mass is 360 g/mol. The molecule has 0 saturated carbocycles. The van der Waals surface area contributed by atoms with Gasteiger partial charge in [-0.3, -0.25) is 9.59 Å². The van der Waals surface area contributed by atoms with Gasteiger partial charge in [-0.1, -0.05) is 41.9 Å². The van der Waals surface area contributed by atoms with Crippen molar-refractivity contribution in [3.05, 3.63) is 64.7 Å². The maximum absolute atomic E-state index is 12.0. The second-order valence-electron chi connectivity index (χ2n) is 5.68. The summed E-state index contributed by atoms with van der Waals surface area (Å²) in [5, 5.41) is 3.35. The van der Waals surface area contributed by atoms with Gasteiger partial charge in [-0.15, -0.1) is 0 Å². The van der Waals surface area contributed by atoms with Crippen molar-refractivity contribution in [1.82, 2.24) is 5.32 Å². The van der Waals surface area contributed by atoms with E-state index in [0.29, 0.717) is 29.4 Å². The van der Waals surface area contributed by atoms with Crippen molar-refractivity contribution < 1.29 is 14.3 Å². The molecule has 0 heterocycles. The highest BCUT2D eigenvalue weighted by atomic mass is 35.5. The molecule has 0 aliphatic carbocycles. The maximum Gasteiger partial charge on any atom is 0.244 e. The van der Waals surface area contributed by atoms with Crippen LogP contribution >= 0.6 is 11.6 Å². The minimum atomic E-state index is -0.825. The Morgan fingerprint density at radius 1 is 1.20 bits per heavy atom.